The summed E-state index contributed by atoms with van der Waals surface area (Å²) in [5.74, 6) is 0.420. The average Bonchev–Trinajstić information content (AvgIpc) is 2.80. The normalized spacial score (nSPS) is 15.9. The van der Waals surface area contributed by atoms with Gasteiger partial charge in [-0.1, -0.05) is 53.0 Å². The van der Waals surface area contributed by atoms with Crippen LogP contribution >= 0.6 is 23.2 Å². The summed E-state index contributed by atoms with van der Waals surface area (Å²) < 4.78 is 11.5. The maximum Gasteiger partial charge on any atom is 0.268 e. The van der Waals surface area contributed by atoms with Gasteiger partial charge in [-0.2, -0.15) is 0 Å². The van der Waals surface area contributed by atoms with Crippen LogP contribution in [-0.2, 0) is 16.1 Å². The molecule has 8 heteroatoms. The van der Waals surface area contributed by atoms with E-state index in [2.05, 4.69) is 5.32 Å². The maximum absolute atomic E-state index is 12.9. The molecule has 0 saturated heterocycles. The summed E-state index contributed by atoms with van der Waals surface area (Å²) in [6.45, 7) is 5.76. The number of hydrogen-bond acceptors (Lipinski definition) is 4. The van der Waals surface area contributed by atoms with Gasteiger partial charge in [0.15, 0.2) is 12.2 Å². The van der Waals surface area contributed by atoms with E-state index < -0.39 is 12.2 Å². The third-order valence-electron chi connectivity index (χ3n) is 5.46. The lowest BCUT2D eigenvalue weighted by Gasteiger charge is -2.33. The minimum Gasteiger partial charge on any atom is -0.479 e. The topological polar surface area (TPSA) is 67.9 Å². The Balaban J connectivity index is 1.53. The fraction of sp³-hybridized carbons (Fsp3) is 0.231. The molecule has 0 aliphatic carbocycles. The first kappa shape index (κ1) is 23.9. The number of aryl methyl sites for hydroxylation is 1. The first-order chi connectivity index (χ1) is 16.2. The lowest BCUT2D eigenvalue weighted by Crippen LogP contribution is -2.44. The van der Waals surface area contributed by atoms with Gasteiger partial charge in [-0.25, -0.2) is 0 Å². The van der Waals surface area contributed by atoms with Crippen LogP contribution in [0.15, 0.2) is 60.7 Å². The largest absolute Gasteiger partial charge is 0.479 e. The number of rotatable bonds is 6. The third kappa shape index (κ3) is 5.29. The fourth-order valence-electron chi connectivity index (χ4n) is 3.58. The first-order valence-corrected chi connectivity index (χ1v) is 11.6. The smallest absolute Gasteiger partial charge is 0.268 e. The number of benzene rings is 3. The molecule has 2 amide bonds. The predicted molar refractivity (Wildman–Crippen MR) is 134 cm³/mol. The number of anilines is 2. The second-order valence-electron chi connectivity index (χ2n) is 8.18. The molecule has 0 spiro atoms. The number of carbonyl (C=O) groups excluding carboxylic acids is 2. The molecule has 1 heterocycles. The summed E-state index contributed by atoms with van der Waals surface area (Å²) in [5, 5.41) is 3.63. The molecule has 6 nitrogen and oxygen atoms in total. The van der Waals surface area contributed by atoms with Crippen LogP contribution in [0.3, 0.4) is 0 Å². The van der Waals surface area contributed by atoms with E-state index in [-0.39, 0.29) is 11.8 Å². The lowest BCUT2D eigenvalue weighted by molar-refractivity contribution is -0.125. The van der Waals surface area contributed by atoms with Gasteiger partial charge in [0, 0.05) is 10.7 Å². The van der Waals surface area contributed by atoms with Crippen LogP contribution in [-0.4, -0.2) is 24.0 Å². The quantitative estimate of drug-likeness (QED) is 0.450. The summed E-state index contributed by atoms with van der Waals surface area (Å²) in [6.07, 6.45) is -1.42. The molecule has 0 saturated carbocycles. The van der Waals surface area contributed by atoms with E-state index in [4.69, 9.17) is 32.7 Å². The molecular formula is C26H24Cl2N2O4. The van der Waals surface area contributed by atoms with Crippen molar-refractivity contribution in [2.45, 2.75) is 39.5 Å². The standard InChI is InChI=1S/C26H24Cl2N2O4/c1-15-4-6-18(7-5-15)14-30-22-13-20(9-11-24(22)34-17(3)26(30)32)29-25(31)16(2)33-23-10-8-19(27)12-21(23)28/h4-13,16-17H,14H2,1-3H3,(H,29,31). The Morgan fingerprint density at radius 2 is 1.85 bits per heavy atom. The molecule has 176 valence electrons. The van der Waals surface area contributed by atoms with Gasteiger partial charge < -0.3 is 19.7 Å². The van der Waals surface area contributed by atoms with E-state index in [9.17, 15) is 9.59 Å². The van der Waals surface area contributed by atoms with Crippen molar-refractivity contribution in [3.05, 3.63) is 81.8 Å². The Morgan fingerprint density at radius 1 is 1.12 bits per heavy atom. The Morgan fingerprint density at radius 3 is 2.56 bits per heavy atom. The number of carbonyl (C=O) groups is 2. The molecule has 34 heavy (non-hydrogen) atoms. The fourth-order valence-corrected chi connectivity index (χ4v) is 4.04. The highest BCUT2D eigenvalue weighted by Gasteiger charge is 2.32. The van der Waals surface area contributed by atoms with E-state index >= 15 is 0 Å². The third-order valence-corrected chi connectivity index (χ3v) is 5.99. The molecular weight excluding hydrogens is 475 g/mol. The number of halogens is 2. The van der Waals surface area contributed by atoms with Gasteiger partial charge >= 0.3 is 0 Å². The van der Waals surface area contributed by atoms with Crippen molar-refractivity contribution in [2.75, 3.05) is 10.2 Å². The number of nitrogens with zero attached hydrogens (tertiary/aromatic N) is 1. The lowest BCUT2D eigenvalue weighted by atomic mass is 10.1. The maximum atomic E-state index is 12.9. The highest BCUT2D eigenvalue weighted by molar-refractivity contribution is 6.35. The summed E-state index contributed by atoms with van der Waals surface area (Å²) >= 11 is 12.1. The molecule has 0 fully saturated rings. The van der Waals surface area contributed by atoms with Crippen molar-refractivity contribution in [1.29, 1.82) is 0 Å². The summed E-state index contributed by atoms with van der Waals surface area (Å²) in [4.78, 5) is 27.4. The molecule has 2 unspecified atom stereocenters. The van der Waals surface area contributed by atoms with Crippen LogP contribution in [0, 0.1) is 6.92 Å². The second kappa shape index (κ2) is 9.95. The molecule has 0 aromatic heterocycles. The zero-order valence-electron chi connectivity index (χ0n) is 19.0. The number of nitrogens with one attached hydrogen (secondary N) is 1. The van der Waals surface area contributed by atoms with Crippen LogP contribution in [0.25, 0.3) is 0 Å². The van der Waals surface area contributed by atoms with Gasteiger partial charge in [-0.15, -0.1) is 0 Å². The Bertz CT molecular complexity index is 1230. The molecule has 2 atom stereocenters. The summed E-state index contributed by atoms with van der Waals surface area (Å²) in [5.41, 5.74) is 3.25. The number of hydrogen-bond donors (Lipinski definition) is 1. The molecule has 3 aromatic rings. The van der Waals surface area contributed by atoms with Gasteiger partial charge in [0.2, 0.25) is 0 Å². The van der Waals surface area contributed by atoms with E-state index in [0.29, 0.717) is 39.5 Å². The number of ether oxygens (including phenoxy) is 2. The van der Waals surface area contributed by atoms with Crippen molar-refractivity contribution in [1.82, 2.24) is 0 Å². The molecule has 1 aliphatic heterocycles. The van der Waals surface area contributed by atoms with Gasteiger partial charge in [0.1, 0.15) is 11.5 Å². The van der Waals surface area contributed by atoms with E-state index in [1.54, 1.807) is 55.1 Å². The molecule has 4 rings (SSSR count). The van der Waals surface area contributed by atoms with Crippen LogP contribution < -0.4 is 19.7 Å². The van der Waals surface area contributed by atoms with Gasteiger partial charge in [-0.05, 0) is 62.7 Å². The molecule has 3 aromatic carbocycles. The monoisotopic (exact) mass is 498 g/mol. The Hall–Kier alpha value is -3.22. The van der Waals surface area contributed by atoms with Crippen LogP contribution in [0.5, 0.6) is 11.5 Å². The van der Waals surface area contributed by atoms with E-state index in [1.165, 1.54) is 0 Å². The molecule has 0 bridgehead atoms. The number of amides is 2. The van der Waals surface area contributed by atoms with Gasteiger partial charge in [0.25, 0.3) is 11.8 Å². The van der Waals surface area contributed by atoms with Gasteiger partial charge in [0.05, 0.1) is 17.3 Å². The highest BCUT2D eigenvalue weighted by atomic mass is 35.5. The summed E-state index contributed by atoms with van der Waals surface area (Å²) in [6, 6.07) is 18.0. The van der Waals surface area contributed by atoms with Crippen molar-refractivity contribution >= 4 is 46.4 Å². The SMILES string of the molecule is Cc1ccc(CN2C(=O)C(C)Oc3ccc(NC(=O)C(C)Oc4ccc(Cl)cc4Cl)cc32)cc1. The highest BCUT2D eigenvalue weighted by Crippen LogP contribution is 2.37. The molecule has 1 aliphatic rings. The van der Waals surface area contributed by atoms with E-state index in [0.717, 1.165) is 11.1 Å². The van der Waals surface area contributed by atoms with Gasteiger partial charge in [-0.3, -0.25) is 9.59 Å². The van der Waals surface area contributed by atoms with Crippen molar-refractivity contribution in [2.24, 2.45) is 0 Å². The zero-order chi connectivity index (χ0) is 24.4. The minimum absolute atomic E-state index is 0.148. The summed E-state index contributed by atoms with van der Waals surface area (Å²) in [7, 11) is 0. The molecule has 1 N–H and O–H groups in total. The zero-order valence-corrected chi connectivity index (χ0v) is 20.5. The average molecular weight is 499 g/mol. The van der Waals surface area contributed by atoms with Crippen LogP contribution in [0.1, 0.15) is 25.0 Å². The molecule has 0 radical (unpaired) electrons. The van der Waals surface area contributed by atoms with Crippen molar-refractivity contribution in [3.8, 4) is 11.5 Å². The van der Waals surface area contributed by atoms with E-state index in [1.807, 2.05) is 31.2 Å². The van der Waals surface area contributed by atoms with Crippen LogP contribution in [0.4, 0.5) is 11.4 Å². The van der Waals surface area contributed by atoms with Crippen molar-refractivity contribution < 1.29 is 19.1 Å². The minimum atomic E-state index is -0.823. The Labute approximate surface area is 208 Å². The number of fused-ring (bicyclic) bond motifs is 1. The Kier molecular flexibility index (Phi) is 7.00. The first-order valence-electron chi connectivity index (χ1n) is 10.8. The second-order valence-corrected chi connectivity index (χ2v) is 9.02. The van der Waals surface area contributed by atoms with Crippen molar-refractivity contribution in [3.63, 3.8) is 0 Å². The van der Waals surface area contributed by atoms with Crippen LogP contribution in [0.2, 0.25) is 10.0 Å². The predicted octanol–water partition coefficient (Wildman–Crippen LogP) is 6.02.